The zero-order valence-electron chi connectivity index (χ0n) is 11.4. The topological polar surface area (TPSA) is 49.2 Å². The smallest absolute Gasteiger partial charge is 0.138 e. The molecule has 1 rings (SSSR count). The predicted molar refractivity (Wildman–Crippen MR) is 75.3 cm³/mol. The first-order chi connectivity index (χ1) is 8.57. The fourth-order valence-electron chi connectivity index (χ4n) is 1.91. The highest BCUT2D eigenvalue weighted by Gasteiger charge is 2.16. The Morgan fingerprint density at radius 3 is 2.61 bits per heavy atom. The quantitative estimate of drug-likeness (QED) is 0.612. The van der Waals surface area contributed by atoms with E-state index in [1.807, 2.05) is 7.05 Å². The molecular formula is C13H22ClN3O. The van der Waals surface area contributed by atoms with E-state index in [9.17, 15) is 0 Å². The zero-order valence-corrected chi connectivity index (χ0v) is 12.1. The van der Waals surface area contributed by atoms with Crippen molar-refractivity contribution in [2.75, 3.05) is 25.1 Å². The van der Waals surface area contributed by atoms with Crippen LogP contribution in [0.4, 0.5) is 5.82 Å². The van der Waals surface area contributed by atoms with Crippen molar-refractivity contribution in [2.45, 2.75) is 39.0 Å². The summed E-state index contributed by atoms with van der Waals surface area (Å²) in [5, 5.41) is 9.29. The van der Waals surface area contributed by atoms with Gasteiger partial charge in [0, 0.05) is 25.8 Å². The van der Waals surface area contributed by atoms with Crippen LogP contribution in [-0.4, -0.2) is 35.3 Å². The van der Waals surface area contributed by atoms with E-state index >= 15 is 0 Å². The fourth-order valence-corrected chi connectivity index (χ4v) is 2.26. The molecule has 0 bridgehead atoms. The fraction of sp³-hybridized carbons (Fsp3) is 0.692. The number of unbranched alkanes of at least 4 members (excludes halogenated alkanes) is 2. The minimum Gasteiger partial charge on any atom is -0.396 e. The van der Waals surface area contributed by atoms with Gasteiger partial charge < -0.3 is 10.0 Å². The van der Waals surface area contributed by atoms with Gasteiger partial charge in [-0.05, 0) is 25.2 Å². The van der Waals surface area contributed by atoms with Gasteiger partial charge in [-0.15, -0.1) is 0 Å². The molecular weight excluding hydrogens is 250 g/mol. The largest absolute Gasteiger partial charge is 0.396 e. The Balaban J connectivity index is 2.72. The van der Waals surface area contributed by atoms with Crippen molar-refractivity contribution in [1.29, 1.82) is 0 Å². The van der Waals surface area contributed by atoms with Crippen LogP contribution in [0, 0.1) is 0 Å². The SMILES string of the molecule is CC(C)c1c(Cl)ncnc1N(C)CCCCCO. The highest BCUT2D eigenvalue weighted by molar-refractivity contribution is 6.30. The van der Waals surface area contributed by atoms with Gasteiger partial charge in [-0.1, -0.05) is 25.4 Å². The van der Waals surface area contributed by atoms with Crippen LogP contribution in [0.15, 0.2) is 6.33 Å². The van der Waals surface area contributed by atoms with Crippen LogP contribution < -0.4 is 4.90 Å². The van der Waals surface area contributed by atoms with Gasteiger partial charge in [0.05, 0.1) is 0 Å². The second-order valence-electron chi connectivity index (χ2n) is 4.76. The van der Waals surface area contributed by atoms with E-state index < -0.39 is 0 Å². The monoisotopic (exact) mass is 271 g/mol. The number of anilines is 1. The van der Waals surface area contributed by atoms with Gasteiger partial charge in [0.1, 0.15) is 17.3 Å². The molecule has 0 amide bonds. The van der Waals surface area contributed by atoms with Crippen molar-refractivity contribution in [3.05, 3.63) is 17.0 Å². The second-order valence-corrected chi connectivity index (χ2v) is 5.12. The third-order valence-corrected chi connectivity index (χ3v) is 3.21. The number of aromatic nitrogens is 2. The van der Waals surface area contributed by atoms with E-state index in [0.717, 1.165) is 37.2 Å². The molecule has 0 aliphatic rings. The Labute approximate surface area is 114 Å². The molecule has 0 unspecified atom stereocenters. The molecule has 0 radical (unpaired) electrons. The molecule has 0 saturated carbocycles. The minimum absolute atomic E-state index is 0.264. The number of aliphatic hydroxyl groups is 1. The summed E-state index contributed by atoms with van der Waals surface area (Å²) >= 11 is 6.14. The van der Waals surface area contributed by atoms with Crippen LogP contribution in [-0.2, 0) is 0 Å². The average Bonchev–Trinajstić information content (AvgIpc) is 2.33. The summed E-state index contributed by atoms with van der Waals surface area (Å²) < 4.78 is 0. The van der Waals surface area contributed by atoms with Crippen molar-refractivity contribution in [3.63, 3.8) is 0 Å². The van der Waals surface area contributed by atoms with Crippen LogP contribution in [0.3, 0.4) is 0 Å². The Morgan fingerprint density at radius 2 is 2.00 bits per heavy atom. The highest BCUT2D eigenvalue weighted by atomic mass is 35.5. The Bertz CT molecular complexity index is 371. The number of hydrogen-bond donors (Lipinski definition) is 1. The summed E-state index contributed by atoms with van der Waals surface area (Å²) in [5.41, 5.74) is 1.00. The van der Waals surface area contributed by atoms with Gasteiger partial charge in [-0.25, -0.2) is 9.97 Å². The Hall–Kier alpha value is -0.870. The molecule has 0 aliphatic heterocycles. The molecule has 102 valence electrons. The molecule has 5 heteroatoms. The molecule has 0 aromatic carbocycles. The second kappa shape index (κ2) is 7.54. The van der Waals surface area contributed by atoms with E-state index in [4.69, 9.17) is 16.7 Å². The van der Waals surface area contributed by atoms with E-state index in [2.05, 4.69) is 28.7 Å². The number of aliphatic hydroxyl groups excluding tert-OH is 1. The summed E-state index contributed by atoms with van der Waals surface area (Å²) in [7, 11) is 2.02. The lowest BCUT2D eigenvalue weighted by Gasteiger charge is -2.22. The Kier molecular flexibility index (Phi) is 6.36. The van der Waals surface area contributed by atoms with E-state index in [1.54, 1.807) is 0 Å². The van der Waals surface area contributed by atoms with Crippen molar-refractivity contribution < 1.29 is 5.11 Å². The molecule has 0 saturated heterocycles. The van der Waals surface area contributed by atoms with E-state index in [1.165, 1.54) is 6.33 Å². The van der Waals surface area contributed by atoms with Crippen LogP contribution in [0.5, 0.6) is 0 Å². The molecule has 4 nitrogen and oxygen atoms in total. The molecule has 0 atom stereocenters. The molecule has 0 aliphatic carbocycles. The Morgan fingerprint density at radius 1 is 1.28 bits per heavy atom. The normalized spacial score (nSPS) is 11.0. The van der Waals surface area contributed by atoms with Crippen LogP contribution in [0.1, 0.15) is 44.6 Å². The van der Waals surface area contributed by atoms with E-state index in [-0.39, 0.29) is 6.61 Å². The van der Waals surface area contributed by atoms with Crippen LogP contribution in [0.2, 0.25) is 5.15 Å². The maximum absolute atomic E-state index is 8.75. The lowest BCUT2D eigenvalue weighted by atomic mass is 10.1. The predicted octanol–water partition coefficient (Wildman–Crippen LogP) is 2.85. The molecule has 1 heterocycles. The maximum atomic E-state index is 8.75. The summed E-state index contributed by atoms with van der Waals surface area (Å²) in [4.78, 5) is 10.5. The highest BCUT2D eigenvalue weighted by Crippen LogP contribution is 2.29. The summed E-state index contributed by atoms with van der Waals surface area (Å²) in [6, 6.07) is 0. The van der Waals surface area contributed by atoms with Crippen molar-refractivity contribution in [2.24, 2.45) is 0 Å². The molecule has 1 aromatic rings. The number of rotatable bonds is 7. The number of hydrogen-bond acceptors (Lipinski definition) is 4. The van der Waals surface area contributed by atoms with Gasteiger partial charge in [0.15, 0.2) is 0 Å². The third-order valence-electron chi connectivity index (χ3n) is 2.90. The molecule has 0 spiro atoms. The minimum atomic E-state index is 0.264. The van der Waals surface area contributed by atoms with Crippen molar-refractivity contribution in [3.8, 4) is 0 Å². The molecule has 1 aromatic heterocycles. The lowest BCUT2D eigenvalue weighted by Crippen LogP contribution is -2.22. The molecule has 0 fully saturated rings. The van der Waals surface area contributed by atoms with Crippen molar-refractivity contribution >= 4 is 17.4 Å². The first kappa shape index (κ1) is 15.2. The van der Waals surface area contributed by atoms with Gasteiger partial charge in [-0.3, -0.25) is 0 Å². The number of halogens is 1. The lowest BCUT2D eigenvalue weighted by molar-refractivity contribution is 0.283. The van der Waals surface area contributed by atoms with Gasteiger partial charge in [0.25, 0.3) is 0 Å². The summed E-state index contributed by atoms with van der Waals surface area (Å²) in [6.45, 7) is 5.36. The summed E-state index contributed by atoms with van der Waals surface area (Å²) in [5.74, 6) is 1.21. The first-order valence-corrected chi connectivity index (χ1v) is 6.78. The first-order valence-electron chi connectivity index (χ1n) is 6.40. The van der Waals surface area contributed by atoms with Gasteiger partial charge in [0.2, 0.25) is 0 Å². The summed E-state index contributed by atoms with van der Waals surface area (Å²) in [6.07, 6.45) is 4.43. The maximum Gasteiger partial charge on any atom is 0.138 e. The average molecular weight is 272 g/mol. The van der Waals surface area contributed by atoms with Crippen molar-refractivity contribution in [1.82, 2.24) is 9.97 Å². The van der Waals surface area contributed by atoms with Crippen LogP contribution >= 0.6 is 11.6 Å². The van der Waals surface area contributed by atoms with Crippen LogP contribution in [0.25, 0.3) is 0 Å². The number of nitrogens with zero attached hydrogens (tertiary/aromatic N) is 3. The zero-order chi connectivity index (χ0) is 13.5. The van der Waals surface area contributed by atoms with Gasteiger partial charge >= 0.3 is 0 Å². The van der Waals surface area contributed by atoms with E-state index in [0.29, 0.717) is 11.1 Å². The molecule has 18 heavy (non-hydrogen) atoms. The third kappa shape index (κ3) is 4.10. The standard InChI is InChI=1S/C13H22ClN3O/c1-10(2)11-12(14)15-9-16-13(11)17(3)7-5-4-6-8-18/h9-10,18H,4-8H2,1-3H3. The van der Waals surface area contributed by atoms with Gasteiger partial charge in [-0.2, -0.15) is 0 Å². The molecule has 1 N–H and O–H groups in total.